The van der Waals surface area contributed by atoms with Crippen LogP contribution in [0.15, 0.2) is 42.6 Å². The van der Waals surface area contributed by atoms with Crippen LogP contribution in [0.4, 0.5) is 5.13 Å². The molecule has 1 aliphatic rings. The van der Waals surface area contributed by atoms with Crippen LogP contribution in [0.25, 0.3) is 33.5 Å². The number of hydrogen-bond donors (Lipinski definition) is 2. The van der Waals surface area contributed by atoms with Gasteiger partial charge in [0.2, 0.25) is 5.91 Å². The number of hydrogen-bond acceptors (Lipinski definition) is 6. The first-order valence-corrected chi connectivity index (χ1v) is 11.9. The number of aromatic amines is 1. The number of aryl methyl sites for hydroxylation is 1. The fraction of sp³-hybridized carbons (Fsp3) is 0.280. The van der Waals surface area contributed by atoms with Gasteiger partial charge in [0.25, 0.3) is 0 Å². The van der Waals surface area contributed by atoms with Crippen LogP contribution in [-0.2, 0) is 4.79 Å². The average molecular weight is 459 g/mol. The van der Waals surface area contributed by atoms with Crippen molar-refractivity contribution in [2.24, 2.45) is 5.92 Å². The van der Waals surface area contributed by atoms with E-state index >= 15 is 0 Å². The van der Waals surface area contributed by atoms with E-state index in [0.29, 0.717) is 5.13 Å². The number of likely N-dealkylation sites (tertiary alicyclic amines) is 1. The molecule has 1 aromatic carbocycles. The number of nitrogens with one attached hydrogen (secondary N) is 2. The summed E-state index contributed by atoms with van der Waals surface area (Å²) in [7, 11) is 2.10. The third-order valence-corrected chi connectivity index (χ3v) is 7.19. The number of amides is 1. The first-order chi connectivity index (χ1) is 16.1. The predicted molar refractivity (Wildman–Crippen MR) is 134 cm³/mol. The fourth-order valence-corrected chi connectivity index (χ4v) is 5.11. The molecule has 0 atom stereocenters. The molecule has 168 valence electrons. The number of benzene rings is 1. The van der Waals surface area contributed by atoms with Gasteiger partial charge in [0.1, 0.15) is 0 Å². The number of thiazole rings is 1. The molecule has 1 fully saturated rings. The molecule has 4 aromatic rings. The largest absolute Gasteiger partial charge is 0.306 e. The average Bonchev–Trinajstić information content (AvgIpc) is 3.41. The monoisotopic (exact) mass is 458 g/mol. The van der Waals surface area contributed by atoms with Gasteiger partial charge in [-0.3, -0.25) is 14.9 Å². The van der Waals surface area contributed by atoms with Crippen LogP contribution in [0.3, 0.4) is 0 Å². The first kappa shape index (κ1) is 21.5. The number of carbonyl (C=O) groups is 1. The van der Waals surface area contributed by atoms with E-state index < -0.39 is 0 Å². The Hall–Kier alpha value is -3.36. The van der Waals surface area contributed by atoms with Crippen LogP contribution in [0.1, 0.15) is 29.9 Å². The van der Waals surface area contributed by atoms with Crippen LogP contribution >= 0.6 is 11.3 Å². The molecule has 0 saturated carbocycles. The maximum absolute atomic E-state index is 12.7. The fourth-order valence-electron chi connectivity index (χ4n) is 4.14. The van der Waals surface area contributed by atoms with Crippen molar-refractivity contribution in [3.05, 3.63) is 59.7 Å². The Bertz CT molecular complexity index is 1300. The van der Waals surface area contributed by atoms with Crippen molar-refractivity contribution < 1.29 is 4.79 Å². The molecule has 8 heteroatoms. The minimum atomic E-state index is 0.0627. The van der Waals surface area contributed by atoms with Crippen LogP contribution in [0, 0.1) is 12.8 Å². The van der Waals surface area contributed by atoms with Crippen molar-refractivity contribution >= 4 is 45.4 Å². The normalized spacial score (nSPS) is 15.5. The van der Waals surface area contributed by atoms with Gasteiger partial charge >= 0.3 is 0 Å². The molecular weight excluding hydrogens is 432 g/mol. The van der Waals surface area contributed by atoms with Crippen LogP contribution in [0.5, 0.6) is 0 Å². The summed E-state index contributed by atoms with van der Waals surface area (Å²) < 4.78 is 0. The number of pyridine rings is 1. The molecule has 2 N–H and O–H groups in total. The highest BCUT2D eigenvalue weighted by molar-refractivity contribution is 7.19. The number of carbonyl (C=O) groups excluding carboxylic acids is 1. The molecule has 0 radical (unpaired) electrons. The minimum Gasteiger partial charge on any atom is -0.306 e. The summed E-state index contributed by atoms with van der Waals surface area (Å²) in [6.07, 6.45) is 7.49. The molecule has 1 saturated heterocycles. The Kier molecular flexibility index (Phi) is 6.02. The van der Waals surface area contributed by atoms with Crippen molar-refractivity contribution in [2.45, 2.75) is 19.8 Å². The van der Waals surface area contributed by atoms with Crippen molar-refractivity contribution in [2.75, 3.05) is 25.5 Å². The summed E-state index contributed by atoms with van der Waals surface area (Å²) in [6.45, 7) is 3.90. The molecule has 3 aromatic heterocycles. The molecule has 0 aliphatic carbocycles. The summed E-state index contributed by atoms with van der Waals surface area (Å²) in [4.78, 5) is 24.9. The summed E-state index contributed by atoms with van der Waals surface area (Å²) in [6, 6.07) is 12.1. The van der Waals surface area contributed by atoms with Gasteiger partial charge in [-0.25, -0.2) is 4.98 Å². The molecule has 33 heavy (non-hydrogen) atoms. The lowest BCUT2D eigenvalue weighted by molar-refractivity contribution is -0.121. The predicted octanol–water partition coefficient (Wildman–Crippen LogP) is 4.84. The highest BCUT2D eigenvalue weighted by Gasteiger charge is 2.24. The summed E-state index contributed by atoms with van der Waals surface area (Å²) >= 11 is 1.52. The van der Waals surface area contributed by atoms with Gasteiger partial charge < -0.3 is 10.2 Å². The zero-order valence-corrected chi connectivity index (χ0v) is 19.5. The van der Waals surface area contributed by atoms with E-state index in [1.165, 1.54) is 11.3 Å². The lowest BCUT2D eigenvalue weighted by Crippen LogP contribution is -2.35. The second-order valence-electron chi connectivity index (χ2n) is 8.46. The molecule has 0 spiro atoms. The molecule has 1 aliphatic heterocycles. The maximum Gasteiger partial charge on any atom is 0.229 e. The number of H-pyrrole nitrogens is 1. The Morgan fingerprint density at radius 3 is 2.85 bits per heavy atom. The number of rotatable bonds is 5. The minimum absolute atomic E-state index is 0.0627. The summed E-state index contributed by atoms with van der Waals surface area (Å²) in [5.41, 5.74) is 4.68. The third kappa shape index (κ3) is 4.72. The number of fused-ring (bicyclic) bond motifs is 1. The van der Waals surface area contributed by atoms with Gasteiger partial charge in [0.05, 0.1) is 27.5 Å². The van der Waals surface area contributed by atoms with E-state index in [9.17, 15) is 4.79 Å². The second kappa shape index (κ2) is 9.25. The van der Waals surface area contributed by atoms with E-state index in [0.717, 1.165) is 64.4 Å². The molecule has 4 heterocycles. The molecule has 0 unspecified atom stereocenters. The van der Waals surface area contributed by atoms with Gasteiger partial charge in [-0.1, -0.05) is 23.5 Å². The number of piperidine rings is 1. The van der Waals surface area contributed by atoms with Gasteiger partial charge in [-0.15, -0.1) is 0 Å². The molecule has 1 amide bonds. The van der Waals surface area contributed by atoms with E-state index in [1.807, 2.05) is 37.3 Å². The van der Waals surface area contributed by atoms with Gasteiger partial charge in [-0.2, -0.15) is 5.10 Å². The zero-order valence-electron chi connectivity index (χ0n) is 18.7. The lowest BCUT2D eigenvalue weighted by Gasteiger charge is -2.27. The molecule has 5 rings (SSSR count). The Morgan fingerprint density at radius 2 is 2.06 bits per heavy atom. The number of anilines is 1. The molecular formula is C25H26N6OS. The zero-order chi connectivity index (χ0) is 22.8. The van der Waals surface area contributed by atoms with Crippen molar-refractivity contribution in [3.8, 4) is 10.4 Å². The highest BCUT2D eigenvalue weighted by atomic mass is 32.1. The second-order valence-corrected chi connectivity index (χ2v) is 9.46. The highest BCUT2D eigenvalue weighted by Crippen LogP contribution is 2.35. The van der Waals surface area contributed by atoms with Gasteiger partial charge in [0.15, 0.2) is 5.13 Å². The Balaban J connectivity index is 1.34. The van der Waals surface area contributed by atoms with Gasteiger partial charge in [-0.05, 0) is 81.9 Å². The van der Waals surface area contributed by atoms with Crippen LogP contribution in [-0.4, -0.2) is 51.1 Å². The first-order valence-electron chi connectivity index (χ1n) is 11.1. The van der Waals surface area contributed by atoms with Crippen LogP contribution in [0.2, 0.25) is 0 Å². The topological polar surface area (TPSA) is 86.8 Å². The Morgan fingerprint density at radius 1 is 1.21 bits per heavy atom. The smallest absolute Gasteiger partial charge is 0.229 e. The lowest BCUT2D eigenvalue weighted by atomic mass is 9.96. The van der Waals surface area contributed by atoms with Crippen molar-refractivity contribution in [1.29, 1.82) is 0 Å². The van der Waals surface area contributed by atoms with E-state index in [2.05, 4.69) is 55.6 Å². The Labute approximate surface area is 196 Å². The number of nitrogens with zero attached hydrogens (tertiary/aromatic N) is 4. The van der Waals surface area contributed by atoms with Crippen molar-refractivity contribution in [1.82, 2.24) is 25.1 Å². The standard InChI is InChI=1S/C25H26N6OS/c1-16-23(33-25(27-16)28-24(32)17-10-13-31(2)14-11-17)18-6-8-20-21(29-30-22(20)15-18)9-7-19-5-3-4-12-26-19/h3-9,12,15,17H,10-11,13-14H2,1-2H3,(H,29,30)(H,27,28,32)/b9-7+. The van der Waals surface area contributed by atoms with Crippen LogP contribution < -0.4 is 5.32 Å². The van der Waals surface area contributed by atoms with E-state index in [4.69, 9.17) is 0 Å². The number of aromatic nitrogens is 4. The quantitative estimate of drug-likeness (QED) is 0.447. The van der Waals surface area contributed by atoms with Crippen molar-refractivity contribution in [3.63, 3.8) is 0 Å². The summed E-state index contributed by atoms with van der Waals surface area (Å²) in [5, 5.41) is 12.3. The molecule has 7 nitrogen and oxygen atoms in total. The SMILES string of the molecule is Cc1nc(NC(=O)C2CCN(C)CC2)sc1-c1ccc2c(/C=C/c3ccccn3)n[nH]c2c1. The summed E-state index contributed by atoms with van der Waals surface area (Å²) in [5.74, 6) is 0.143. The maximum atomic E-state index is 12.7. The molecule has 0 bridgehead atoms. The van der Waals surface area contributed by atoms with Gasteiger partial charge in [0, 0.05) is 17.5 Å². The van der Waals surface area contributed by atoms with E-state index in [1.54, 1.807) is 6.20 Å². The van der Waals surface area contributed by atoms with E-state index in [-0.39, 0.29) is 11.8 Å². The third-order valence-electron chi connectivity index (χ3n) is 6.07.